The van der Waals surface area contributed by atoms with Crippen molar-refractivity contribution in [3.8, 4) is 0 Å². The van der Waals surface area contributed by atoms with Crippen molar-refractivity contribution < 1.29 is 4.74 Å². The predicted molar refractivity (Wildman–Crippen MR) is 86.2 cm³/mol. The van der Waals surface area contributed by atoms with E-state index in [-0.39, 0.29) is 11.1 Å². The van der Waals surface area contributed by atoms with E-state index < -0.39 is 0 Å². The molecular weight excluding hydrogens is 262 g/mol. The quantitative estimate of drug-likeness (QED) is 0.873. The van der Waals surface area contributed by atoms with Gasteiger partial charge in [-0.25, -0.2) is 0 Å². The summed E-state index contributed by atoms with van der Waals surface area (Å²) in [4.78, 5) is 6.84. The first-order chi connectivity index (χ1) is 10.0. The van der Waals surface area contributed by atoms with Gasteiger partial charge in [0.15, 0.2) is 0 Å². The van der Waals surface area contributed by atoms with Crippen LogP contribution in [0.4, 0.5) is 0 Å². The van der Waals surface area contributed by atoms with Crippen molar-refractivity contribution in [2.24, 2.45) is 5.73 Å². The first-order valence-corrected chi connectivity index (χ1v) is 7.99. The molecule has 0 bridgehead atoms. The van der Waals surface area contributed by atoms with Crippen molar-refractivity contribution in [3.63, 3.8) is 0 Å². The Morgan fingerprint density at radius 1 is 1.43 bits per heavy atom. The minimum absolute atomic E-state index is 0.0448. The summed E-state index contributed by atoms with van der Waals surface area (Å²) in [5.74, 6) is 0. The lowest BCUT2D eigenvalue weighted by Gasteiger charge is -2.50. The number of likely N-dealkylation sites (N-methyl/N-ethyl adjacent to an activating group) is 1. The standard InChI is InChI=1S/C17H29N3O/c1-4-16(2)13-17(14-18,9-12-21-16)20(3)11-8-15-7-5-6-10-19-15/h5-7,10H,4,8-9,11-14,18H2,1-3H3. The molecule has 1 aliphatic rings. The molecule has 1 aliphatic heterocycles. The van der Waals surface area contributed by atoms with Gasteiger partial charge in [0.25, 0.3) is 0 Å². The number of ether oxygens (including phenoxy) is 1. The van der Waals surface area contributed by atoms with E-state index in [4.69, 9.17) is 10.5 Å². The highest BCUT2D eigenvalue weighted by molar-refractivity contribution is 5.05. The second-order valence-corrected chi connectivity index (χ2v) is 6.50. The van der Waals surface area contributed by atoms with Crippen LogP contribution in [0, 0.1) is 0 Å². The zero-order valence-electron chi connectivity index (χ0n) is 13.6. The summed E-state index contributed by atoms with van der Waals surface area (Å²) < 4.78 is 5.99. The summed E-state index contributed by atoms with van der Waals surface area (Å²) in [5, 5.41) is 0. The third-order valence-corrected chi connectivity index (χ3v) is 5.09. The Hall–Kier alpha value is -0.970. The monoisotopic (exact) mass is 291 g/mol. The molecule has 0 spiro atoms. The van der Waals surface area contributed by atoms with E-state index in [0.717, 1.165) is 44.5 Å². The molecule has 1 saturated heterocycles. The highest BCUT2D eigenvalue weighted by Crippen LogP contribution is 2.37. The van der Waals surface area contributed by atoms with Crippen molar-refractivity contribution in [1.82, 2.24) is 9.88 Å². The van der Waals surface area contributed by atoms with Gasteiger partial charge in [0, 0.05) is 43.5 Å². The number of hydrogen-bond donors (Lipinski definition) is 1. The largest absolute Gasteiger partial charge is 0.375 e. The number of rotatable bonds is 6. The van der Waals surface area contributed by atoms with Crippen LogP contribution in [0.25, 0.3) is 0 Å². The van der Waals surface area contributed by atoms with Gasteiger partial charge in [-0.3, -0.25) is 9.88 Å². The fourth-order valence-electron chi connectivity index (χ4n) is 3.27. The highest BCUT2D eigenvalue weighted by atomic mass is 16.5. The summed E-state index contributed by atoms with van der Waals surface area (Å²) in [7, 11) is 2.19. The van der Waals surface area contributed by atoms with Crippen LogP contribution in [0.5, 0.6) is 0 Å². The van der Waals surface area contributed by atoms with Gasteiger partial charge in [-0.05, 0) is 45.4 Å². The Morgan fingerprint density at radius 3 is 2.86 bits per heavy atom. The van der Waals surface area contributed by atoms with E-state index in [2.05, 4.69) is 36.8 Å². The van der Waals surface area contributed by atoms with Crippen LogP contribution in [-0.2, 0) is 11.2 Å². The van der Waals surface area contributed by atoms with E-state index in [1.807, 2.05) is 18.3 Å². The van der Waals surface area contributed by atoms with E-state index in [0.29, 0.717) is 6.54 Å². The first kappa shape index (κ1) is 16.4. The lowest BCUT2D eigenvalue weighted by Crippen LogP contribution is -2.60. The number of hydrogen-bond acceptors (Lipinski definition) is 4. The molecule has 2 N–H and O–H groups in total. The van der Waals surface area contributed by atoms with Crippen molar-refractivity contribution in [3.05, 3.63) is 30.1 Å². The molecule has 4 heteroatoms. The van der Waals surface area contributed by atoms with Crippen LogP contribution in [0.15, 0.2) is 24.4 Å². The van der Waals surface area contributed by atoms with E-state index in [1.165, 1.54) is 0 Å². The maximum absolute atomic E-state index is 6.17. The van der Waals surface area contributed by atoms with Crippen LogP contribution in [-0.4, -0.2) is 47.8 Å². The van der Waals surface area contributed by atoms with Crippen molar-refractivity contribution in [2.75, 3.05) is 26.7 Å². The molecule has 118 valence electrons. The number of nitrogens with two attached hydrogens (primary N) is 1. The highest BCUT2D eigenvalue weighted by Gasteiger charge is 2.43. The van der Waals surface area contributed by atoms with Gasteiger partial charge in [-0.2, -0.15) is 0 Å². The third kappa shape index (κ3) is 3.82. The van der Waals surface area contributed by atoms with Gasteiger partial charge in [0.1, 0.15) is 0 Å². The Bertz CT molecular complexity index is 439. The lowest BCUT2D eigenvalue weighted by atomic mass is 9.78. The van der Waals surface area contributed by atoms with Crippen LogP contribution in [0.3, 0.4) is 0 Å². The van der Waals surface area contributed by atoms with Crippen LogP contribution < -0.4 is 5.73 Å². The van der Waals surface area contributed by atoms with Gasteiger partial charge < -0.3 is 10.5 Å². The summed E-state index contributed by atoms with van der Waals surface area (Å²) >= 11 is 0. The summed E-state index contributed by atoms with van der Waals surface area (Å²) in [6.45, 7) is 6.87. The Morgan fingerprint density at radius 2 is 2.24 bits per heavy atom. The average Bonchev–Trinajstić information content (AvgIpc) is 2.53. The number of nitrogens with zero attached hydrogens (tertiary/aromatic N) is 2. The van der Waals surface area contributed by atoms with Crippen LogP contribution in [0.1, 0.15) is 38.8 Å². The first-order valence-electron chi connectivity index (χ1n) is 7.99. The molecule has 4 nitrogen and oxygen atoms in total. The van der Waals surface area contributed by atoms with Crippen LogP contribution in [0.2, 0.25) is 0 Å². The zero-order chi connectivity index (χ0) is 15.3. The molecule has 0 aromatic carbocycles. The van der Waals surface area contributed by atoms with Crippen molar-refractivity contribution in [2.45, 2.75) is 50.7 Å². The molecule has 0 amide bonds. The summed E-state index contributed by atoms with van der Waals surface area (Å²) in [5.41, 5.74) is 7.32. The lowest BCUT2D eigenvalue weighted by molar-refractivity contribution is -0.124. The molecule has 1 aromatic rings. The fourth-order valence-corrected chi connectivity index (χ4v) is 3.27. The summed E-state index contributed by atoms with van der Waals surface area (Å²) in [6.07, 6.45) is 5.87. The molecule has 0 radical (unpaired) electrons. The molecule has 1 fully saturated rings. The molecule has 2 heterocycles. The number of aromatic nitrogens is 1. The fraction of sp³-hybridized carbons (Fsp3) is 0.706. The van der Waals surface area contributed by atoms with Crippen molar-refractivity contribution >= 4 is 0 Å². The smallest absolute Gasteiger partial charge is 0.0670 e. The van der Waals surface area contributed by atoms with Gasteiger partial charge in [-0.1, -0.05) is 13.0 Å². The third-order valence-electron chi connectivity index (χ3n) is 5.09. The molecule has 21 heavy (non-hydrogen) atoms. The van der Waals surface area contributed by atoms with Crippen LogP contribution >= 0.6 is 0 Å². The van der Waals surface area contributed by atoms with Gasteiger partial charge in [0.05, 0.1) is 5.60 Å². The number of pyridine rings is 1. The maximum atomic E-state index is 6.17. The Kier molecular flexibility index (Phi) is 5.36. The molecule has 2 rings (SSSR count). The average molecular weight is 291 g/mol. The molecule has 1 aromatic heterocycles. The molecule has 2 atom stereocenters. The normalized spacial score (nSPS) is 29.8. The Balaban J connectivity index is 2.02. The van der Waals surface area contributed by atoms with Crippen molar-refractivity contribution in [1.29, 1.82) is 0 Å². The minimum Gasteiger partial charge on any atom is -0.375 e. The topological polar surface area (TPSA) is 51.4 Å². The van der Waals surface area contributed by atoms with Gasteiger partial charge >= 0.3 is 0 Å². The second-order valence-electron chi connectivity index (χ2n) is 6.50. The Labute approximate surface area is 128 Å². The zero-order valence-corrected chi connectivity index (χ0v) is 13.6. The van der Waals surface area contributed by atoms with Gasteiger partial charge in [0.2, 0.25) is 0 Å². The maximum Gasteiger partial charge on any atom is 0.0670 e. The molecule has 2 unspecified atom stereocenters. The molecule has 0 saturated carbocycles. The second kappa shape index (κ2) is 6.86. The van der Waals surface area contributed by atoms with E-state index >= 15 is 0 Å². The SMILES string of the molecule is CCC1(C)CC(CN)(N(C)CCc2ccccn2)CCO1. The predicted octanol–water partition coefficient (Wildman–Crippen LogP) is 2.23. The van der Waals surface area contributed by atoms with Gasteiger partial charge in [-0.15, -0.1) is 0 Å². The minimum atomic E-state index is -0.0448. The molecule has 0 aliphatic carbocycles. The summed E-state index contributed by atoms with van der Waals surface area (Å²) in [6, 6.07) is 6.09. The van der Waals surface area contributed by atoms with E-state index in [1.54, 1.807) is 0 Å². The van der Waals surface area contributed by atoms with E-state index in [9.17, 15) is 0 Å². The molecular formula is C17H29N3O.